The maximum absolute atomic E-state index is 11.5. The Morgan fingerprint density at radius 2 is 2.44 bits per heavy atom. The van der Waals surface area contributed by atoms with Crippen LogP contribution in [0.5, 0.6) is 0 Å². The monoisotopic (exact) mass is 267 g/mol. The van der Waals surface area contributed by atoms with Gasteiger partial charge in [-0.3, -0.25) is 4.79 Å². The van der Waals surface area contributed by atoms with Crippen LogP contribution < -0.4 is 5.32 Å². The van der Waals surface area contributed by atoms with Gasteiger partial charge in [-0.15, -0.1) is 11.3 Å². The molecule has 98 valence electrons. The zero-order valence-corrected chi connectivity index (χ0v) is 11.3. The van der Waals surface area contributed by atoms with Crippen LogP contribution in [0, 0.1) is 11.8 Å². The molecule has 1 amide bonds. The van der Waals surface area contributed by atoms with Crippen molar-refractivity contribution in [2.24, 2.45) is 0 Å². The van der Waals surface area contributed by atoms with Gasteiger partial charge in [0, 0.05) is 24.0 Å². The van der Waals surface area contributed by atoms with Crippen LogP contribution in [0.25, 0.3) is 0 Å². The number of amides is 1. The Hall–Kier alpha value is -1.35. The third-order valence-electron chi connectivity index (χ3n) is 2.35. The first-order chi connectivity index (χ1) is 8.69. The average molecular weight is 267 g/mol. The van der Waals surface area contributed by atoms with Crippen LogP contribution in [-0.4, -0.2) is 30.8 Å². The van der Waals surface area contributed by atoms with E-state index in [2.05, 4.69) is 17.2 Å². The van der Waals surface area contributed by atoms with E-state index in [9.17, 15) is 4.79 Å². The second kappa shape index (κ2) is 7.88. The maximum Gasteiger partial charge on any atom is 0.249 e. The molecule has 0 saturated carbocycles. The number of aliphatic hydroxyl groups excluding tert-OH is 1. The normalized spacial score (nSPS) is 11.5. The molecule has 0 aliphatic carbocycles. The molecular formula is C13H17NO3S. The summed E-state index contributed by atoms with van der Waals surface area (Å²) in [6.45, 7) is 2.22. The largest absolute Gasteiger partial charge is 0.395 e. The molecule has 0 aromatic carbocycles. The van der Waals surface area contributed by atoms with E-state index in [4.69, 9.17) is 9.84 Å². The van der Waals surface area contributed by atoms with Crippen LogP contribution in [0.4, 0.5) is 0 Å². The van der Waals surface area contributed by atoms with E-state index in [0.717, 1.165) is 10.4 Å². The minimum absolute atomic E-state index is 0.0640. The molecule has 0 saturated heterocycles. The van der Waals surface area contributed by atoms with Crippen LogP contribution >= 0.6 is 11.3 Å². The molecule has 1 rings (SSSR count). The van der Waals surface area contributed by atoms with Crippen LogP contribution in [0.1, 0.15) is 23.8 Å². The summed E-state index contributed by atoms with van der Waals surface area (Å²) in [4.78, 5) is 12.6. The molecule has 4 nitrogen and oxygen atoms in total. The van der Waals surface area contributed by atoms with Crippen molar-refractivity contribution in [3.05, 3.63) is 21.9 Å². The number of carbonyl (C=O) groups is 1. The lowest BCUT2D eigenvalue weighted by molar-refractivity contribution is -0.130. The second-order valence-electron chi connectivity index (χ2n) is 3.63. The number of methoxy groups -OCH3 is 1. The van der Waals surface area contributed by atoms with Crippen LogP contribution in [0.2, 0.25) is 0 Å². The van der Waals surface area contributed by atoms with Crippen LogP contribution in [-0.2, 0) is 16.1 Å². The average Bonchev–Trinajstić information content (AvgIpc) is 2.83. The number of hydrogen-bond donors (Lipinski definition) is 2. The highest BCUT2D eigenvalue weighted by Crippen LogP contribution is 2.15. The lowest BCUT2D eigenvalue weighted by Gasteiger charge is -2.09. The number of rotatable bonds is 5. The predicted molar refractivity (Wildman–Crippen MR) is 71.2 cm³/mol. The highest BCUT2D eigenvalue weighted by molar-refractivity contribution is 7.10. The van der Waals surface area contributed by atoms with E-state index in [1.54, 1.807) is 18.3 Å². The lowest BCUT2D eigenvalue weighted by atomic mass is 10.2. The fourth-order valence-electron chi connectivity index (χ4n) is 1.22. The Balaban J connectivity index is 2.56. The van der Waals surface area contributed by atoms with Crippen molar-refractivity contribution in [3.8, 4) is 11.8 Å². The number of carbonyl (C=O) groups excluding carboxylic acids is 1. The van der Waals surface area contributed by atoms with Crippen molar-refractivity contribution in [2.75, 3.05) is 13.7 Å². The minimum Gasteiger partial charge on any atom is -0.395 e. The summed E-state index contributed by atoms with van der Waals surface area (Å²) in [5.41, 5.74) is 0.902. The second-order valence-corrected chi connectivity index (χ2v) is 4.63. The first-order valence-corrected chi connectivity index (χ1v) is 6.53. The predicted octanol–water partition coefficient (Wildman–Crippen LogP) is 1.13. The van der Waals surface area contributed by atoms with E-state index in [0.29, 0.717) is 13.0 Å². The van der Waals surface area contributed by atoms with Gasteiger partial charge in [-0.05, 0) is 18.4 Å². The number of hydrogen-bond acceptors (Lipinski definition) is 4. The van der Waals surface area contributed by atoms with Gasteiger partial charge in [-0.1, -0.05) is 11.8 Å². The molecule has 5 heteroatoms. The highest BCUT2D eigenvalue weighted by atomic mass is 32.1. The number of aliphatic hydroxyl groups is 1. The standard InChI is InChI=1S/C13H17NO3S/c1-10(17-2)13(16)14-9-12-11(6-8-18-12)5-3-4-7-15/h6,8,10,15H,4,7,9H2,1-2H3,(H,14,16). The number of nitrogens with one attached hydrogen (secondary N) is 1. The zero-order valence-electron chi connectivity index (χ0n) is 10.5. The van der Waals surface area contributed by atoms with Crippen molar-refractivity contribution >= 4 is 17.2 Å². The lowest BCUT2D eigenvalue weighted by Crippen LogP contribution is -2.33. The molecule has 0 aliphatic heterocycles. The maximum atomic E-state index is 11.5. The van der Waals surface area contributed by atoms with Crippen molar-refractivity contribution in [2.45, 2.75) is 26.0 Å². The molecule has 1 aromatic heterocycles. The van der Waals surface area contributed by atoms with Gasteiger partial charge in [0.15, 0.2) is 0 Å². The number of ether oxygens (including phenoxy) is 1. The van der Waals surface area contributed by atoms with Gasteiger partial charge in [0.1, 0.15) is 6.10 Å². The Morgan fingerprint density at radius 1 is 1.67 bits per heavy atom. The Bertz CT molecular complexity index is 445. The Morgan fingerprint density at radius 3 is 3.11 bits per heavy atom. The van der Waals surface area contributed by atoms with Crippen molar-refractivity contribution in [1.82, 2.24) is 5.32 Å². The molecule has 0 bridgehead atoms. The molecule has 2 N–H and O–H groups in total. The molecule has 1 unspecified atom stereocenters. The summed E-state index contributed by atoms with van der Waals surface area (Å²) in [5, 5.41) is 13.4. The fraction of sp³-hybridized carbons (Fsp3) is 0.462. The Kier molecular flexibility index (Phi) is 6.44. The van der Waals surface area contributed by atoms with Gasteiger partial charge in [0.25, 0.3) is 0 Å². The van der Waals surface area contributed by atoms with E-state index in [1.807, 2.05) is 11.4 Å². The van der Waals surface area contributed by atoms with Crippen molar-refractivity contribution in [3.63, 3.8) is 0 Å². The first-order valence-electron chi connectivity index (χ1n) is 5.65. The molecule has 1 aromatic rings. The van der Waals surface area contributed by atoms with E-state index >= 15 is 0 Å². The van der Waals surface area contributed by atoms with E-state index in [1.165, 1.54) is 7.11 Å². The minimum atomic E-state index is -0.450. The third kappa shape index (κ3) is 4.49. The summed E-state index contributed by atoms with van der Waals surface area (Å²) in [7, 11) is 1.50. The van der Waals surface area contributed by atoms with Gasteiger partial charge in [-0.25, -0.2) is 0 Å². The van der Waals surface area contributed by atoms with Gasteiger partial charge in [0.2, 0.25) is 5.91 Å². The van der Waals surface area contributed by atoms with E-state index < -0.39 is 6.10 Å². The van der Waals surface area contributed by atoms with Crippen LogP contribution in [0.3, 0.4) is 0 Å². The van der Waals surface area contributed by atoms with Crippen LogP contribution in [0.15, 0.2) is 11.4 Å². The van der Waals surface area contributed by atoms with E-state index in [-0.39, 0.29) is 12.5 Å². The van der Waals surface area contributed by atoms with Gasteiger partial charge in [-0.2, -0.15) is 0 Å². The third-order valence-corrected chi connectivity index (χ3v) is 3.27. The molecule has 18 heavy (non-hydrogen) atoms. The zero-order chi connectivity index (χ0) is 13.4. The van der Waals surface area contributed by atoms with Crippen molar-refractivity contribution < 1.29 is 14.6 Å². The summed E-state index contributed by atoms with van der Waals surface area (Å²) >= 11 is 1.55. The molecule has 0 spiro atoms. The topological polar surface area (TPSA) is 58.6 Å². The van der Waals surface area contributed by atoms with Gasteiger partial charge in [0.05, 0.1) is 13.2 Å². The van der Waals surface area contributed by atoms with Crippen molar-refractivity contribution in [1.29, 1.82) is 0 Å². The van der Waals surface area contributed by atoms with Gasteiger partial charge < -0.3 is 15.2 Å². The molecule has 0 radical (unpaired) electrons. The molecule has 0 aliphatic rings. The molecule has 1 atom stereocenters. The number of thiophene rings is 1. The Labute approximate surface area is 111 Å². The van der Waals surface area contributed by atoms with Gasteiger partial charge >= 0.3 is 0 Å². The fourth-order valence-corrected chi connectivity index (χ4v) is 1.99. The quantitative estimate of drug-likeness (QED) is 0.786. The molecular weight excluding hydrogens is 250 g/mol. The smallest absolute Gasteiger partial charge is 0.249 e. The molecule has 1 heterocycles. The summed E-state index contributed by atoms with van der Waals surface area (Å²) < 4.78 is 4.93. The molecule has 0 fully saturated rings. The summed E-state index contributed by atoms with van der Waals surface area (Å²) in [5.74, 6) is 5.71. The highest BCUT2D eigenvalue weighted by Gasteiger charge is 2.11. The summed E-state index contributed by atoms with van der Waals surface area (Å²) in [6, 6.07) is 1.91. The SMILES string of the molecule is COC(C)C(=O)NCc1sccc1C#CCCO. The first kappa shape index (κ1) is 14.7. The summed E-state index contributed by atoms with van der Waals surface area (Å²) in [6.07, 6.45) is 0.0106.